The summed E-state index contributed by atoms with van der Waals surface area (Å²) in [6, 6.07) is 4.55. The van der Waals surface area contributed by atoms with Crippen LogP contribution >= 0.6 is 11.6 Å². The zero-order chi connectivity index (χ0) is 24.5. The van der Waals surface area contributed by atoms with Crippen LogP contribution in [-0.2, 0) is 6.54 Å². The highest BCUT2D eigenvalue weighted by molar-refractivity contribution is 6.31. The summed E-state index contributed by atoms with van der Waals surface area (Å²) in [7, 11) is 1.44. The standard InChI is InChI=1S/C25H27ClF2N4O2/c1-4-25(2,33)7-8-32-14-16(12-31-32)15-9-17-19(13-30-24(17)29-11-15)18(10-27)22-21(34-3)6-5-20(28)23(22)26/h5-6,9,11-14,18,33H,4,7-8,10H2,1-3H3,(H,29,30)/t18-,25-/m0/s1. The molecule has 6 nitrogen and oxygen atoms in total. The molecule has 0 aliphatic carbocycles. The number of rotatable bonds is 9. The molecule has 0 radical (unpaired) electrons. The Labute approximate surface area is 201 Å². The lowest BCUT2D eigenvalue weighted by molar-refractivity contribution is 0.0416. The van der Waals surface area contributed by atoms with Gasteiger partial charge in [0.2, 0.25) is 0 Å². The largest absolute Gasteiger partial charge is 0.496 e. The van der Waals surface area contributed by atoms with Crippen LogP contribution in [0, 0.1) is 5.82 Å². The van der Waals surface area contributed by atoms with E-state index in [0.29, 0.717) is 41.7 Å². The molecular formula is C25H27ClF2N4O2. The first-order valence-electron chi connectivity index (χ1n) is 11.1. The molecule has 2 N–H and O–H groups in total. The third-order valence-corrected chi connectivity index (χ3v) is 6.75. The van der Waals surface area contributed by atoms with Crippen LogP contribution in [0.3, 0.4) is 0 Å². The number of pyridine rings is 1. The van der Waals surface area contributed by atoms with E-state index < -0.39 is 24.0 Å². The van der Waals surface area contributed by atoms with Crippen molar-refractivity contribution in [3.05, 3.63) is 65.0 Å². The second-order valence-corrected chi connectivity index (χ2v) is 9.02. The molecule has 1 aromatic carbocycles. The quantitative estimate of drug-likeness (QED) is 0.308. The van der Waals surface area contributed by atoms with Gasteiger partial charge in [0.15, 0.2) is 0 Å². The van der Waals surface area contributed by atoms with Gasteiger partial charge >= 0.3 is 0 Å². The maximum absolute atomic E-state index is 14.4. The summed E-state index contributed by atoms with van der Waals surface area (Å²) in [5, 5.41) is 15.2. The van der Waals surface area contributed by atoms with Crippen LogP contribution in [0.4, 0.5) is 8.78 Å². The number of halogens is 3. The van der Waals surface area contributed by atoms with Crippen molar-refractivity contribution in [3.63, 3.8) is 0 Å². The zero-order valence-electron chi connectivity index (χ0n) is 19.3. The van der Waals surface area contributed by atoms with Gasteiger partial charge in [-0.05, 0) is 43.5 Å². The van der Waals surface area contributed by atoms with Gasteiger partial charge in [-0.3, -0.25) is 9.07 Å². The van der Waals surface area contributed by atoms with E-state index in [1.807, 2.05) is 26.1 Å². The Hall–Kier alpha value is -2.97. The van der Waals surface area contributed by atoms with Crippen LogP contribution in [0.5, 0.6) is 5.75 Å². The summed E-state index contributed by atoms with van der Waals surface area (Å²) in [5.41, 5.74) is 2.34. The minimum Gasteiger partial charge on any atom is -0.496 e. The summed E-state index contributed by atoms with van der Waals surface area (Å²) in [4.78, 5) is 7.55. The van der Waals surface area contributed by atoms with Crippen molar-refractivity contribution in [2.45, 2.75) is 44.8 Å². The first-order valence-corrected chi connectivity index (χ1v) is 11.5. The van der Waals surface area contributed by atoms with Gasteiger partial charge in [0.05, 0.1) is 23.9 Å². The van der Waals surface area contributed by atoms with Gasteiger partial charge in [0.1, 0.15) is 23.9 Å². The fraction of sp³-hybridized carbons (Fsp3) is 0.360. The SMILES string of the molecule is CC[C@](C)(O)CCn1cc(-c2cnc3[nH]cc([C@H](CF)c4c(OC)ccc(F)c4Cl)c3c2)cn1. The normalized spacial score (nSPS) is 14.3. The number of methoxy groups -OCH3 is 1. The number of nitrogens with one attached hydrogen (secondary N) is 1. The molecule has 0 spiro atoms. The molecular weight excluding hydrogens is 462 g/mol. The van der Waals surface area contributed by atoms with E-state index in [9.17, 15) is 13.9 Å². The fourth-order valence-corrected chi connectivity index (χ4v) is 4.29. The second kappa shape index (κ2) is 9.72. The molecule has 34 heavy (non-hydrogen) atoms. The monoisotopic (exact) mass is 488 g/mol. The van der Waals surface area contributed by atoms with E-state index in [0.717, 1.165) is 11.1 Å². The van der Waals surface area contributed by atoms with E-state index >= 15 is 0 Å². The molecule has 0 aliphatic rings. The first kappa shape index (κ1) is 24.2. The average Bonchev–Trinajstić information content (AvgIpc) is 3.48. The topological polar surface area (TPSA) is 76.0 Å². The summed E-state index contributed by atoms with van der Waals surface area (Å²) in [6.45, 7) is 3.53. The molecule has 0 bridgehead atoms. The van der Waals surface area contributed by atoms with Crippen molar-refractivity contribution in [1.29, 1.82) is 0 Å². The summed E-state index contributed by atoms with van der Waals surface area (Å²) < 4.78 is 35.8. The first-order chi connectivity index (χ1) is 16.3. The number of aliphatic hydroxyl groups is 1. The average molecular weight is 489 g/mol. The Morgan fingerprint density at radius 1 is 1.29 bits per heavy atom. The lowest BCUT2D eigenvalue weighted by Gasteiger charge is -2.20. The number of alkyl halides is 1. The number of aromatic nitrogens is 4. The molecule has 0 fully saturated rings. The summed E-state index contributed by atoms with van der Waals surface area (Å²) >= 11 is 6.24. The van der Waals surface area contributed by atoms with Gasteiger partial charge in [0, 0.05) is 53.1 Å². The maximum Gasteiger partial charge on any atom is 0.142 e. The molecule has 2 atom stereocenters. The summed E-state index contributed by atoms with van der Waals surface area (Å²) in [5.74, 6) is -1.16. The van der Waals surface area contributed by atoms with Crippen LogP contribution in [0.1, 0.15) is 43.7 Å². The number of fused-ring (bicyclic) bond motifs is 1. The van der Waals surface area contributed by atoms with Gasteiger partial charge in [-0.1, -0.05) is 18.5 Å². The van der Waals surface area contributed by atoms with Crippen LogP contribution in [0.2, 0.25) is 5.02 Å². The van der Waals surface area contributed by atoms with E-state index in [2.05, 4.69) is 15.1 Å². The van der Waals surface area contributed by atoms with Crippen LogP contribution in [-0.4, -0.2) is 44.2 Å². The smallest absolute Gasteiger partial charge is 0.142 e. The van der Waals surface area contributed by atoms with Crippen LogP contribution < -0.4 is 4.74 Å². The number of aromatic amines is 1. The van der Waals surface area contributed by atoms with E-state index in [4.69, 9.17) is 16.3 Å². The molecule has 3 aromatic heterocycles. The van der Waals surface area contributed by atoms with E-state index in [1.54, 1.807) is 23.3 Å². The number of aryl methyl sites for hydroxylation is 1. The molecule has 4 rings (SSSR count). The number of hydrogen-bond donors (Lipinski definition) is 2. The molecule has 0 unspecified atom stereocenters. The predicted octanol–water partition coefficient (Wildman–Crippen LogP) is 5.88. The lowest BCUT2D eigenvalue weighted by Crippen LogP contribution is -2.24. The van der Waals surface area contributed by atoms with Gasteiger partial charge in [-0.15, -0.1) is 0 Å². The molecule has 3 heterocycles. The molecule has 0 saturated carbocycles. The van der Waals surface area contributed by atoms with Crippen LogP contribution in [0.25, 0.3) is 22.2 Å². The molecule has 9 heteroatoms. The number of hydrogen-bond acceptors (Lipinski definition) is 4. The zero-order valence-corrected chi connectivity index (χ0v) is 20.0. The second-order valence-electron chi connectivity index (χ2n) is 8.64. The van der Waals surface area contributed by atoms with Crippen molar-refractivity contribution < 1.29 is 18.6 Å². The summed E-state index contributed by atoms with van der Waals surface area (Å²) in [6.07, 6.45) is 8.25. The number of ether oxygens (including phenoxy) is 1. The van der Waals surface area contributed by atoms with Crippen molar-refractivity contribution in [2.24, 2.45) is 0 Å². The molecule has 180 valence electrons. The predicted molar refractivity (Wildman–Crippen MR) is 129 cm³/mol. The number of H-pyrrole nitrogens is 1. The highest BCUT2D eigenvalue weighted by Crippen LogP contribution is 2.41. The Morgan fingerprint density at radius 2 is 2.09 bits per heavy atom. The van der Waals surface area contributed by atoms with Crippen molar-refractivity contribution >= 4 is 22.6 Å². The van der Waals surface area contributed by atoms with E-state index in [1.165, 1.54) is 19.2 Å². The Kier molecular flexibility index (Phi) is 6.91. The Bertz CT molecular complexity index is 1300. The third-order valence-electron chi connectivity index (χ3n) is 6.36. The minimum atomic E-state index is -0.844. The lowest BCUT2D eigenvalue weighted by atomic mass is 9.91. The maximum atomic E-state index is 14.4. The van der Waals surface area contributed by atoms with Gasteiger partial charge in [0.25, 0.3) is 0 Å². The highest BCUT2D eigenvalue weighted by atomic mass is 35.5. The van der Waals surface area contributed by atoms with E-state index in [-0.39, 0.29) is 10.6 Å². The van der Waals surface area contributed by atoms with Crippen molar-refractivity contribution in [1.82, 2.24) is 19.7 Å². The Morgan fingerprint density at radius 3 is 2.79 bits per heavy atom. The van der Waals surface area contributed by atoms with Gasteiger partial charge in [-0.2, -0.15) is 5.10 Å². The third kappa shape index (κ3) is 4.65. The molecule has 0 amide bonds. The molecule has 0 saturated heterocycles. The Balaban J connectivity index is 1.71. The highest BCUT2D eigenvalue weighted by Gasteiger charge is 2.26. The van der Waals surface area contributed by atoms with Crippen molar-refractivity contribution in [2.75, 3.05) is 13.8 Å². The minimum absolute atomic E-state index is 0.162. The van der Waals surface area contributed by atoms with Crippen LogP contribution in [0.15, 0.2) is 43.0 Å². The molecule has 4 aromatic rings. The van der Waals surface area contributed by atoms with Crippen molar-refractivity contribution in [3.8, 4) is 16.9 Å². The molecule has 0 aliphatic heterocycles. The fourth-order valence-electron chi connectivity index (χ4n) is 4.00. The number of benzene rings is 1. The van der Waals surface area contributed by atoms with Gasteiger partial charge in [-0.25, -0.2) is 9.37 Å². The number of nitrogens with zero attached hydrogens (tertiary/aromatic N) is 3. The van der Waals surface area contributed by atoms with Gasteiger partial charge < -0.3 is 14.8 Å².